The second kappa shape index (κ2) is 5.94. The van der Waals surface area contributed by atoms with Gasteiger partial charge >= 0.3 is 0 Å². The summed E-state index contributed by atoms with van der Waals surface area (Å²) in [7, 11) is 0. The van der Waals surface area contributed by atoms with Crippen LogP contribution in [0, 0.1) is 0 Å². The molecule has 2 aliphatic rings. The van der Waals surface area contributed by atoms with Gasteiger partial charge in [-0.3, -0.25) is 9.69 Å². The van der Waals surface area contributed by atoms with Crippen LogP contribution in [-0.2, 0) is 4.79 Å². The highest BCUT2D eigenvalue weighted by atomic mass is 35.5. The molecule has 0 unspecified atom stereocenters. The van der Waals surface area contributed by atoms with Crippen LogP contribution in [0.5, 0.6) is 0 Å². The molecule has 3 heterocycles. The predicted molar refractivity (Wildman–Crippen MR) is 79.5 cm³/mol. The first-order valence-electron chi connectivity index (χ1n) is 7.03. The zero-order valence-corrected chi connectivity index (χ0v) is 12.1. The van der Waals surface area contributed by atoms with Crippen molar-refractivity contribution in [3.8, 4) is 0 Å². The summed E-state index contributed by atoms with van der Waals surface area (Å²) in [6.45, 7) is 4.17. The molecule has 0 aliphatic carbocycles. The minimum atomic E-state index is 0.265. The maximum Gasteiger partial charge on any atom is 0.236 e. The first kappa shape index (κ1) is 13.6. The highest BCUT2D eigenvalue weighted by molar-refractivity contribution is 6.29. The van der Waals surface area contributed by atoms with Crippen molar-refractivity contribution in [1.29, 1.82) is 0 Å². The van der Waals surface area contributed by atoms with Crippen LogP contribution in [0.1, 0.15) is 18.4 Å². The molecule has 5 heteroatoms. The predicted octanol–water partition coefficient (Wildman–Crippen LogP) is 2.06. The number of pyridine rings is 1. The van der Waals surface area contributed by atoms with Crippen LogP contribution in [0.15, 0.2) is 24.4 Å². The van der Waals surface area contributed by atoms with Crippen molar-refractivity contribution < 1.29 is 4.79 Å². The van der Waals surface area contributed by atoms with Crippen molar-refractivity contribution in [2.75, 3.05) is 32.7 Å². The molecule has 0 aromatic carbocycles. The molecule has 2 aliphatic heterocycles. The minimum Gasteiger partial charge on any atom is -0.341 e. The SMILES string of the molecule is O=C(CN1CC=C(c2ccc(Cl)nc2)CC1)N1CCC1. The zero-order chi connectivity index (χ0) is 13.9. The Labute approximate surface area is 124 Å². The Morgan fingerprint density at radius 1 is 1.30 bits per heavy atom. The number of carbonyl (C=O) groups is 1. The molecule has 1 aromatic heterocycles. The molecule has 20 heavy (non-hydrogen) atoms. The van der Waals surface area contributed by atoms with E-state index in [4.69, 9.17) is 11.6 Å². The maximum atomic E-state index is 11.9. The van der Waals surface area contributed by atoms with E-state index in [-0.39, 0.29) is 5.91 Å². The summed E-state index contributed by atoms with van der Waals surface area (Å²) in [6, 6.07) is 3.82. The molecule has 0 spiro atoms. The van der Waals surface area contributed by atoms with Crippen LogP contribution in [-0.4, -0.2) is 53.4 Å². The van der Waals surface area contributed by atoms with Crippen molar-refractivity contribution in [2.24, 2.45) is 0 Å². The molecule has 3 rings (SSSR count). The van der Waals surface area contributed by atoms with Crippen molar-refractivity contribution in [3.63, 3.8) is 0 Å². The van der Waals surface area contributed by atoms with Crippen molar-refractivity contribution in [3.05, 3.63) is 35.1 Å². The lowest BCUT2D eigenvalue weighted by atomic mass is 10.0. The van der Waals surface area contributed by atoms with E-state index in [9.17, 15) is 4.79 Å². The van der Waals surface area contributed by atoms with E-state index in [0.29, 0.717) is 11.7 Å². The van der Waals surface area contributed by atoms with Gasteiger partial charge in [-0.1, -0.05) is 23.7 Å². The molecular weight excluding hydrogens is 274 g/mol. The van der Waals surface area contributed by atoms with Crippen LogP contribution in [0.4, 0.5) is 0 Å². The number of carbonyl (C=O) groups excluding carboxylic acids is 1. The second-order valence-corrected chi connectivity index (χ2v) is 5.71. The molecule has 0 radical (unpaired) electrons. The van der Waals surface area contributed by atoms with Gasteiger partial charge in [0, 0.05) is 32.4 Å². The van der Waals surface area contributed by atoms with E-state index in [1.807, 2.05) is 23.2 Å². The summed E-state index contributed by atoms with van der Waals surface area (Å²) in [5.74, 6) is 0.265. The molecule has 1 amide bonds. The Morgan fingerprint density at radius 2 is 2.15 bits per heavy atom. The number of amides is 1. The Kier molecular flexibility index (Phi) is 4.03. The fourth-order valence-electron chi connectivity index (χ4n) is 2.54. The first-order chi connectivity index (χ1) is 9.72. The average Bonchev–Trinajstić information content (AvgIpc) is 2.38. The standard InChI is InChI=1S/C15H18ClN3O/c16-14-3-2-13(10-17-14)12-4-8-18(9-5-12)11-15(20)19-6-1-7-19/h2-4,10H,1,5-9,11H2. The van der Waals surface area contributed by atoms with Crippen molar-refractivity contribution in [2.45, 2.75) is 12.8 Å². The molecule has 0 N–H and O–H groups in total. The molecule has 0 atom stereocenters. The molecule has 0 saturated carbocycles. The number of nitrogens with zero attached hydrogens (tertiary/aromatic N) is 3. The lowest BCUT2D eigenvalue weighted by Gasteiger charge is -2.34. The maximum absolute atomic E-state index is 11.9. The third kappa shape index (κ3) is 3.02. The summed E-state index contributed by atoms with van der Waals surface area (Å²) in [6.07, 6.45) is 6.11. The molecule has 106 valence electrons. The van der Waals surface area contributed by atoms with Gasteiger partial charge in [0.25, 0.3) is 0 Å². The van der Waals surface area contributed by atoms with Crippen LogP contribution in [0.3, 0.4) is 0 Å². The largest absolute Gasteiger partial charge is 0.341 e. The third-order valence-corrected chi connectivity index (χ3v) is 4.18. The Bertz CT molecular complexity index is 522. The van der Waals surface area contributed by atoms with Gasteiger partial charge in [0.2, 0.25) is 5.91 Å². The van der Waals surface area contributed by atoms with Gasteiger partial charge in [-0.15, -0.1) is 0 Å². The van der Waals surface area contributed by atoms with Gasteiger partial charge in [0.15, 0.2) is 0 Å². The Hall–Kier alpha value is -1.39. The molecule has 1 aromatic rings. The third-order valence-electron chi connectivity index (χ3n) is 3.96. The lowest BCUT2D eigenvalue weighted by molar-refractivity contribution is -0.135. The molecule has 4 nitrogen and oxygen atoms in total. The summed E-state index contributed by atoms with van der Waals surface area (Å²) < 4.78 is 0. The average molecular weight is 292 g/mol. The summed E-state index contributed by atoms with van der Waals surface area (Å²) >= 11 is 5.80. The van der Waals surface area contributed by atoms with Crippen molar-refractivity contribution >= 4 is 23.1 Å². The molecule has 1 fully saturated rings. The minimum absolute atomic E-state index is 0.265. The smallest absolute Gasteiger partial charge is 0.236 e. The molecular formula is C15H18ClN3O. The summed E-state index contributed by atoms with van der Waals surface area (Å²) in [5, 5.41) is 0.520. The Balaban J connectivity index is 1.57. The monoisotopic (exact) mass is 291 g/mol. The fourth-order valence-corrected chi connectivity index (χ4v) is 2.65. The number of hydrogen-bond acceptors (Lipinski definition) is 3. The second-order valence-electron chi connectivity index (χ2n) is 5.32. The topological polar surface area (TPSA) is 36.4 Å². The van der Waals surface area contributed by atoms with Gasteiger partial charge in [0.1, 0.15) is 5.15 Å². The highest BCUT2D eigenvalue weighted by Crippen LogP contribution is 2.22. The van der Waals surface area contributed by atoms with E-state index < -0.39 is 0 Å². The van der Waals surface area contributed by atoms with Gasteiger partial charge < -0.3 is 4.90 Å². The van der Waals surface area contributed by atoms with Crippen molar-refractivity contribution in [1.82, 2.24) is 14.8 Å². The van der Waals surface area contributed by atoms with E-state index in [2.05, 4.69) is 16.0 Å². The van der Waals surface area contributed by atoms with Crippen LogP contribution >= 0.6 is 11.6 Å². The lowest BCUT2D eigenvalue weighted by Crippen LogP contribution is -2.47. The Morgan fingerprint density at radius 3 is 2.70 bits per heavy atom. The number of aromatic nitrogens is 1. The van der Waals surface area contributed by atoms with Crippen LogP contribution in [0.2, 0.25) is 5.15 Å². The molecule has 0 bridgehead atoms. The van der Waals surface area contributed by atoms with Gasteiger partial charge in [-0.05, 0) is 30.0 Å². The zero-order valence-electron chi connectivity index (χ0n) is 11.4. The fraction of sp³-hybridized carbons (Fsp3) is 0.467. The first-order valence-corrected chi connectivity index (χ1v) is 7.41. The number of likely N-dealkylation sites (tertiary alicyclic amines) is 1. The number of halogens is 1. The van der Waals surface area contributed by atoms with E-state index in [1.165, 1.54) is 5.57 Å². The van der Waals surface area contributed by atoms with Gasteiger partial charge in [-0.2, -0.15) is 0 Å². The van der Waals surface area contributed by atoms with E-state index in [1.54, 1.807) is 0 Å². The van der Waals surface area contributed by atoms with Gasteiger partial charge in [-0.25, -0.2) is 4.98 Å². The quantitative estimate of drug-likeness (QED) is 0.800. The molecule has 1 saturated heterocycles. The summed E-state index contributed by atoms with van der Waals surface area (Å²) in [5.41, 5.74) is 2.42. The van der Waals surface area contributed by atoms with Crippen LogP contribution in [0.25, 0.3) is 5.57 Å². The summed E-state index contributed by atoms with van der Waals surface area (Å²) in [4.78, 5) is 20.2. The van der Waals surface area contributed by atoms with E-state index >= 15 is 0 Å². The number of rotatable bonds is 3. The van der Waals surface area contributed by atoms with Gasteiger partial charge in [0.05, 0.1) is 6.54 Å². The van der Waals surface area contributed by atoms with E-state index in [0.717, 1.165) is 44.6 Å². The number of hydrogen-bond donors (Lipinski definition) is 0. The highest BCUT2D eigenvalue weighted by Gasteiger charge is 2.23. The van der Waals surface area contributed by atoms with Crippen LogP contribution < -0.4 is 0 Å². The normalized spacial score (nSPS) is 19.4.